The second kappa shape index (κ2) is 8.61. The van der Waals surface area contributed by atoms with Crippen molar-refractivity contribution in [3.05, 3.63) is 87.8 Å². The minimum atomic E-state index is -4.98. The predicted molar refractivity (Wildman–Crippen MR) is 123 cm³/mol. The number of pyridine rings is 2. The normalized spacial score (nSPS) is 11.7. The maximum atomic E-state index is 14.2. The van der Waals surface area contributed by atoms with Gasteiger partial charge in [0.1, 0.15) is 0 Å². The highest BCUT2D eigenvalue weighted by atomic mass is 35.5. The van der Waals surface area contributed by atoms with E-state index in [9.17, 15) is 22.8 Å². The van der Waals surface area contributed by atoms with Gasteiger partial charge in [-0.25, -0.2) is 9.67 Å². The molecule has 0 saturated heterocycles. The number of alkyl halides is 3. The van der Waals surface area contributed by atoms with Crippen LogP contribution in [0.25, 0.3) is 22.4 Å². The lowest BCUT2D eigenvalue weighted by atomic mass is 10.1. The average molecular weight is 515 g/mol. The number of para-hydroxylation sites is 1. The van der Waals surface area contributed by atoms with Crippen molar-refractivity contribution in [1.29, 1.82) is 0 Å². The Kier molecular flexibility index (Phi) is 5.55. The Labute approximate surface area is 204 Å². The Balaban J connectivity index is 1.57. The molecule has 10 nitrogen and oxygen atoms in total. The molecule has 0 fully saturated rings. The van der Waals surface area contributed by atoms with Gasteiger partial charge in [-0.05, 0) is 12.1 Å². The van der Waals surface area contributed by atoms with Crippen molar-refractivity contribution in [2.24, 2.45) is 7.05 Å². The molecule has 0 aliphatic rings. The van der Waals surface area contributed by atoms with Crippen molar-refractivity contribution in [3.8, 4) is 11.5 Å². The topological polar surface area (TPSA) is 113 Å². The maximum Gasteiger partial charge on any atom is 0.434 e. The molecule has 0 saturated carbocycles. The Morgan fingerprint density at radius 3 is 2.47 bits per heavy atom. The van der Waals surface area contributed by atoms with E-state index in [1.165, 1.54) is 36.3 Å². The average Bonchev–Trinajstić information content (AvgIpc) is 3.52. The third-order valence-corrected chi connectivity index (χ3v) is 5.61. The SMILES string of the molecule is Cn1c(=O)cc(-n2ncc(C(=O)Nc3cnc(-n4nccn4)c(Cl)c3)c2C(F)(F)F)c2ccccc21. The first kappa shape index (κ1) is 23.2. The summed E-state index contributed by atoms with van der Waals surface area (Å²) in [5, 5.41) is 14.4. The Hall–Kier alpha value is -4.52. The van der Waals surface area contributed by atoms with E-state index in [4.69, 9.17) is 11.6 Å². The van der Waals surface area contributed by atoms with Crippen LogP contribution in [0, 0.1) is 0 Å². The molecular weight excluding hydrogens is 501 g/mol. The zero-order valence-corrected chi connectivity index (χ0v) is 19.0. The Bertz CT molecular complexity index is 1680. The summed E-state index contributed by atoms with van der Waals surface area (Å²) < 4.78 is 44.5. The van der Waals surface area contributed by atoms with Crippen LogP contribution in [0.3, 0.4) is 0 Å². The summed E-state index contributed by atoms with van der Waals surface area (Å²) >= 11 is 6.18. The number of nitrogens with zero attached hydrogens (tertiary/aromatic N) is 7. The molecule has 4 heterocycles. The third kappa shape index (κ3) is 3.98. The van der Waals surface area contributed by atoms with E-state index in [0.29, 0.717) is 15.6 Å². The standard InChI is InChI=1S/C22H14ClF3N8O2/c1-32-16-5-3-2-4-13(16)17(9-18(32)35)33-19(22(24,25)26)14(11-30-33)21(36)31-12-8-15(23)20(27-10-12)34-28-6-7-29-34/h2-11H,1H3,(H,31,36). The Morgan fingerprint density at radius 2 is 1.78 bits per heavy atom. The van der Waals surface area contributed by atoms with Crippen LogP contribution in [-0.4, -0.2) is 40.2 Å². The van der Waals surface area contributed by atoms with Crippen LogP contribution in [0.1, 0.15) is 16.1 Å². The highest BCUT2D eigenvalue weighted by Crippen LogP contribution is 2.35. The van der Waals surface area contributed by atoms with E-state index in [2.05, 4.69) is 25.6 Å². The number of aryl methyl sites for hydroxylation is 1. The number of amides is 1. The number of hydrogen-bond acceptors (Lipinski definition) is 6. The van der Waals surface area contributed by atoms with Crippen molar-refractivity contribution in [2.75, 3.05) is 5.32 Å². The summed E-state index contributed by atoms with van der Waals surface area (Å²) in [4.78, 5) is 30.6. The molecule has 0 spiro atoms. The minimum absolute atomic E-state index is 0.0424. The van der Waals surface area contributed by atoms with Gasteiger partial charge in [0.2, 0.25) is 0 Å². The molecule has 5 rings (SSSR count). The number of rotatable bonds is 4. The number of carbonyl (C=O) groups excluding carboxylic acids is 1. The molecule has 0 aliphatic heterocycles. The molecule has 5 aromatic rings. The first-order chi connectivity index (χ1) is 17.1. The number of anilines is 1. The number of nitrogens with one attached hydrogen (secondary N) is 1. The zero-order valence-electron chi connectivity index (χ0n) is 18.2. The highest BCUT2D eigenvalue weighted by Gasteiger charge is 2.41. The predicted octanol–water partition coefficient (Wildman–Crippen LogP) is 3.62. The van der Waals surface area contributed by atoms with Crippen LogP contribution in [0.5, 0.6) is 0 Å². The van der Waals surface area contributed by atoms with Gasteiger partial charge in [0.05, 0.1) is 52.3 Å². The maximum absolute atomic E-state index is 14.2. The van der Waals surface area contributed by atoms with Crippen LogP contribution in [0.15, 0.2) is 66.0 Å². The van der Waals surface area contributed by atoms with Crippen LogP contribution in [0.2, 0.25) is 5.02 Å². The largest absolute Gasteiger partial charge is 0.434 e. The van der Waals surface area contributed by atoms with Crippen LogP contribution < -0.4 is 10.9 Å². The summed E-state index contributed by atoms with van der Waals surface area (Å²) in [6.45, 7) is 0. The van der Waals surface area contributed by atoms with Crippen molar-refractivity contribution in [3.63, 3.8) is 0 Å². The number of carbonyl (C=O) groups is 1. The van der Waals surface area contributed by atoms with Gasteiger partial charge in [0.15, 0.2) is 11.5 Å². The molecule has 1 aromatic carbocycles. The van der Waals surface area contributed by atoms with Crippen molar-refractivity contribution in [2.45, 2.75) is 6.18 Å². The van der Waals surface area contributed by atoms with Gasteiger partial charge >= 0.3 is 6.18 Å². The van der Waals surface area contributed by atoms with Crippen molar-refractivity contribution >= 4 is 34.1 Å². The smallest absolute Gasteiger partial charge is 0.320 e. The fraction of sp³-hybridized carbons (Fsp3) is 0.0909. The van der Waals surface area contributed by atoms with Gasteiger partial charge in [0, 0.05) is 18.5 Å². The lowest BCUT2D eigenvalue weighted by Crippen LogP contribution is -2.23. The lowest BCUT2D eigenvalue weighted by molar-refractivity contribution is -0.143. The number of halogens is 4. The summed E-state index contributed by atoms with van der Waals surface area (Å²) in [5.74, 6) is -0.925. The summed E-state index contributed by atoms with van der Waals surface area (Å²) in [6.07, 6.45) is -0.154. The molecule has 1 N–H and O–H groups in total. The van der Waals surface area contributed by atoms with E-state index in [0.717, 1.165) is 17.1 Å². The molecule has 0 unspecified atom stereocenters. The van der Waals surface area contributed by atoms with Gasteiger partial charge in [-0.15, -0.1) is 4.80 Å². The summed E-state index contributed by atoms with van der Waals surface area (Å²) in [5.41, 5.74) is -2.29. The number of fused-ring (bicyclic) bond motifs is 1. The van der Waals surface area contributed by atoms with E-state index >= 15 is 0 Å². The zero-order chi connectivity index (χ0) is 25.6. The Morgan fingerprint density at radius 1 is 1.06 bits per heavy atom. The van der Waals surface area contributed by atoms with Gasteiger partial charge in [-0.3, -0.25) is 9.59 Å². The van der Waals surface area contributed by atoms with Gasteiger partial charge in [-0.1, -0.05) is 29.8 Å². The first-order valence-corrected chi connectivity index (χ1v) is 10.6. The van der Waals surface area contributed by atoms with Crippen LogP contribution >= 0.6 is 11.6 Å². The first-order valence-electron chi connectivity index (χ1n) is 10.2. The van der Waals surface area contributed by atoms with Crippen molar-refractivity contribution < 1.29 is 18.0 Å². The summed E-state index contributed by atoms with van der Waals surface area (Å²) in [7, 11) is 1.51. The fourth-order valence-electron chi connectivity index (χ4n) is 3.71. The molecule has 0 atom stereocenters. The highest BCUT2D eigenvalue weighted by molar-refractivity contribution is 6.32. The fourth-order valence-corrected chi connectivity index (χ4v) is 3.95. The number of benzene rings is 1. The molecule has 14 heteroatoms. The third-order valence-electron chi connectivity index (χ3n) is 5.33. The van der Waals surface area contributed by atoms with Gasteiger partial charge in [0.25, 0.3) is 11.5 Å². The molecule has 0 radical (unpaired) electrons. The van der Waals surface area contributed by atoms with E-state index in [1.54, 1.807) is 24.3 Å². The number of hydrogen-bond donors (Lipinski definition) is 1. The quantitative estimate of drug-likeness (QED) is 0.392. The monoisotopic (exact) mass is 514 g/mol. The molecule has 0 bridgehead atoms. The van der Waals surface area contributed by atoms with E-state index in [1.807, 2.05) is 0 Å². The van der Waals surface area contributed by atoms with Crippen LogP contribution in [0.4, 0.5) is 18.9 Å². The minimum Gasteiger partial charge on any atom is -0.320 e. The van der Waals surface area contributed by atoms with E-state index < -0.39 is 28.9 Å². The molecule has 0 aliphatic carbocycles. The second-order valence-corrected chi connectivity index (χ2v) is 7.97. The van der Waals surface area contributed by atoms with Gasteiger partial charge in [-0.2, -0.15) is 28.5 Å². The van der Waals surface area contributed by atoms with E-state index in [-0.39, 0.29) is 22.2 Å². The van der Waals surface area contributed by atoms with Crippen LogP contribution in [-0.2, 0) is 13.2 Å². The number of aromatic nitrogens is 7. The molecular formula is C22H14ClF3N8O2. The molecule has 182 valence electrons. The van der Waals surface area contributed by atoms with Crippen molar-refractivity contribution in [1.82, 2.24) is 34.3 Å². The molecule has 1 amide bonds. The second-order valence-electron chi connectivity index (χ2n) is 7.56. The lowest BCUT2D eigenvalue weighted by Gasteiger charge is -2.15. The summed E-state index contributed by atoms with van der Waals surface area (Å²) in [6, 6.07) is 8.79. The van der Waals surface area contributed by atoms with Gasteiger partial charge < -0.3 is 9.88 Å². The molecule has 36 heavy (non-hydrogen) atoms. The molecule has 4 aromatic heterocycles.